The third kappa shape index (κ3) is 6.82. The van der Waals surface area contributed by atoms with Gasteiger partial charge in [0.15, 0.2) is 0 Å². The standard InChI is InChI=1S/C25H35FN2O3S/c1-31-20-6-8-24-22(16-20)21(10-12-27-24)23(26)7-4-18-11-14-28(13-3-15-32-2)17-19(18)5-9-25(29)30/h6,8,10,12,16,18-19,23H,3-5,7,9,11,13-15,17H2,1-2H3,(H,29,30)/t18?,19?,23-/m0/s1. The average Bonchev–Trinajstić information content (AvgIpc) is 2.81. The number of carbonyl (C=O) groups is 1. The normalized spacial score (nSPS) is 20.3. The molecule has 1 fully saturated rings. The summed E-state index contributed by atoms with van der Waals surface area (Å²) in [7, 11) is 1.61. The summed E-state index contributed by atoms with van der Waals surface area (Å²) < 4.78 is 20.7. The molecule has 1 saturated heterocycles. The van der Waals surface area contributed by atoms with Crippen LogP contribution < -0.4 is 4.74 Å². The van der Waals surface area contributed by atoms with E-state index >= 15 is 4.39 Å². The maximum absolute atomic E-state index is 15.4. The van der Waals surface area contributed by atoms with E-state index in [0.29, 0.717) is 36.0 Å². The van der Waals surface area contributed by atoms with Crippen molar-refractivity contribution in [2.24, 2.45) is 11.8 Å². The van der Waals surface area contributed by atoms with E-state index in [1.165, 1.54) is 0 Å². The van der Waals surface area contributed by atoms with Gasteiger partial charge in [0.1, 0.15) is 11.9 Å². The van der Waals surface area contributed by atoms with E-state index < -0.39 is 12.1 Å². The van der Waals surface area contributed by atoms with Crippen molar-refractivity contribution in [3.05, 3.63) is 36.0 Å². The molecule has 2 aromatic rings. The lowest BCUT2D eigenvalue weighted by molar-refractivity contribution is -0.137. The number of pyridine rings is 1. The van der Waals surface area contributed by atoms with Crippen molar-refractivity contribution in [3.8, 4) is 5.75 Å². The van der Waals surface area contributed by atoms with Crippen LogP contribution in [0.25, 0.3) is 10.9 Å². The maximum atomic E-state index is 15.4. The quantitative estimate of drug-likeness (QED) is 0.415. The number of carboxylic acids is 1. The highest BCUT2D eigenvalue weighted by Gasteiger charge is 2.30. The average molecular weight is 463 g/mol. The molecule has 3 atom stereocenters. The summed E-state index contributed by atoms with van der Waals surface area (Å²) in [4.78, 5) is 18.0. The first-order valence-electron chi connectivity index (χ1n) is 11.5. The molecule has 5 nitrogen and oxygen atoms in total. The first-order chi connectivity index (χ1) is 15.5. The smallest absolute Gasteiger partial charge is 0.303 e. The first-order valence-corrected chi connectivity index (χ1v) is 12.9. The number of likely N-dealkylation sites (tertiary alicyclic amines) is 1. The van der Waals surface area contributed by atoms with Gasteiger partial charge in [-0.15, -0.1) is 0 Å². The van der Waals surface area contributed by atoms with E-state index in [-0.39, 0.29) is 6.42 Å². The number of fused-ring (bicyclic) bond motifs is 1. The second kappa shape index (κ2) is 12.4. The number of piperidine rings is 1. The number of hydrogen-bond donors (Lipinski definition) is 1. The Kier molecular flexibility index (Phi) is 9.60. The minimum Gasteiger partial charge on any atom is -0.497 e. The highest BCUT2D eigenvalue weighted by molar-refractivity contribution is 7.98. The van der Waals surface area contributed by atoms with E-state index in [1.807, 2.05) is 30.0 Å². The number of thioether (sulfide) groups is 1. The van der Waals surface area contributed by atoms with Crippen LogP contribution in [0.3, 0.4) is 0 Å². The third-order valence-corrected chi connectivity index (χ3v) is 7.34. The van der Waals surface area contributed by atoms with Gasteiger partial charge in [-0.1, -0.05) is 0 Å². The Morgan fingerprint density at radius 1 is 1.34 bits per heavy atom. The Bertz CT molecular complexity index is 881. The highest BCUT2D eigenvalue weighted by Crippen LogP contribution is 2.36. The van der Waals surface area contributed by atoms with Crippen molar-refractivity contribution >= 4 is 28.6 Å². The number of methoxy groups -OCH3 is 1. The van der Waals surface area contributed by atoms with Crippen LogP contribution in [0.4, 0.5) is 4.39 Å². The van der Waals surface area contributed by atoms with Crippen molar-refractivity contribution in [2.75, 3.05) is 38.8 Å². The number of halogens is 1. The van der Waals surface area contributed by atoms with Crippen LogP contribution in [-0.4, -0.2) is 59.7 Å². The number of aromatic nitrogens is 1. The fraction of sp³-hybridized carbons (Fsp3) is 0.600. The molecule has 1 N–H and O–H groups in total. The van der Waals surface area contributed by atoms with Crippen molar-refractivity contribution in [3.63, 3.8) is 0 Å². The van der Waals surface area contributed by atoms with Crippen molar-refractivity contribution in [2.45, 2.75) is 44.7 Å². The van der Waals surface area contributed by atoms with Gasteiger partial charge in [-0.25, -0.2) is 4.39 Å². The number of aliphatic carboxylic acids is 1. The summed E-state index contributed by atoms with van der Waals surface area (Å²) >= 11 is 1.86. The van der Waals surface area contributed by atoms with Crippen LogP contribution in [0.15, 0.2) is 30.5 Å². The Hall–Kier alpha value is -1.86. The molecule has 0 spiro atoms. The lowest BCUT2D eigenvalue weighted by Crippen LogP contribution is -2.41. The number of alkyl halides is 1. The number of ether oxygens (including phenoxy) is 1. The number of hydrogen-bond acceptors (Lipinski definition) is 5. The van der Waals surface area contributed by atoms with E-state index in [2.05, 4.69) is 16.1 Å². The molecule has 1 aliphatic heterocycles. The molecule has 32 heavy (non-hydrogen) atoms. The SMILES string of the molecule is COc1ccc2nccc([C@@H](F)CCC3CCN(CCCSC)CC3CCC(=O)O)c2c1. The van der Waals surface area contributed by atoms with E-state index in [1.54, 1.807) is 19.4 Å². The fourth-order valence-electron chi connectivity index (χ4n) is 4.87. The Morgan fingerprint density at radius 3 is 2.94 bits per heavy atom. The van der Waals surface area contributed by atoms with Gasteiger partial charge in [0.2, 0.25) is 0 Å². The van der Waals surface area contributed by atoms with Gasteiger partial charge in [-0.2, -0.15) is 11.8 Å². The molecule has 1 aliphatic rings. The summed E-state index contributed by atoms with van der Waals surface area (Å²) in [6.45, 7) is 3.02. The molecule has 0 aliphatic carbocycles. The fourth-order valence-corrected chi connectivity index (χ4v) is 5.29. The molecule has 3 rings (SSSR count). The Morgan fingerprint density at radius 2 is 2.19 bits per heavy atom. The van der Waals surface area contributed by atoms with E-state index in [4.69, 9.17) is 4.74 Å². The molecule has 0 amide bonds. The molecule has 0 radical (unpaired) electrons. The minimum absolute atomic E-state index is 0.188. The first kappa shape index (κ1) is 24.8. The molecule has 2 unspecified atom stereocenters. The summed E-state index contributed by atoms with van der Waals surface area (Å²) in [5.74, 6) is 1.78. The summed E-state index contributed by atoms with van der Waals surface area (Å²) in [5.41, 5.74) is 1.43. The number of rotatable bonds is 12. The summed E-state index contributed by atoms with van der Waals surface area (Å²) in [5, 5.41) is 9.98. The predicted octanol–water partition coefficient (Wildman–Crippen LogP) is 5.59. The van der Waals surface area contributed by atoms with Gasteiger partial charge in [-0.3, -0.25) is 9.78 Å². The Labute approximate surface area is 194 Å². The topological polar surface area (TPSA) is 62.7 Å². The van der Waals surface area contributed by atoms with Crippen LogP contribution in [0.5, 0.6) is 5.75 Å². The van der Waals surface area contributed by atoms with Crippen LogP contribution in [0.2, 0.25) is 0 Å². The van der Waals surface area contributed by atoms with E-state index in [9.17, 15) is 9.90 Å². The Balaban J connectivity index is 1.64. The molecule has 0 saturated carbocycles. The van der Waals surface area contributed by atoms with Gasteiger partial charge in [0.05, 0.1) is 12.6 Å². The third-order valence-electron chi connectivity index (χ3n) is 6.64. The number of carboxylic acid groups (broad SMARTS) is 1. The molecule has 176 valence electrons. The lowest BCUT2D eigenvalue weighted by Gasteiger charge is -2.39. The monoisotopic (exact) mass is 462 g/mol. The number of nitrogens with zero attached hydrogens (tertiary/aromatic N) is 2. The molecule has 0 bridgehead atoms. The van der Waals surface area contributed by atoms with Crippen molar-refractivity contribution < 1.29 is 19.0 Å². The van der Waals surface area contributed by atoms with Crippen molar-refractivity contribution in [1.29, 1.82) is 0 Å². The van der Waals surface area contributed by atoms with Crippen LogP contribution in [0, 0.1) is 11.8 Å². The van der Waals surface area contributed by atoms with E-state index in [0.717, 1.165) is 55.6 Å². The zero-order valence-corrected chi connectivity index (χ0v) is 20.0. The summed E-state index contributed by atoms with van der Waals surface area (Å²) in [6, 6.07) is 7.32. The van der Waals surface area contributed by atoms with Gasteiger partial charge in [-0.05, 0) is 98.9 Å². The molecular weight excluding hydrogens is 427 g/mol. The lowest BCUT2D eigenvalue weighted by atomic mass is 9.79. The largest absolute Gasteiger partial charge is 0.497 e. The second-order valence-corrected chi connectivity index (χ2v) is 9.70. The minimum atomic E-state index is -1.08. The molecule has 7 heteroatoms. The maximum Gasteiger partial charge on any atom is 0.303 e. The van der Waals surface area contributed by atoms with Gasteiger partial charge in [0.25, 0.3) is 0 Å². The predicted molar refractivity (Wildman–Crippen MR) is 129 cm³/mol. The van der Waals surface area contributed by atoms with Gasteiger partial charge in [0, 0.05) is 24.5 Å². The molecule has 1 aromatic carbocycles. The molecule has 2 heterocycles. The zero-order chi connectivity index (χ0) is 22.9. The van der Waals surface area contributed by atoms with Gasteiger partial charge < -0.3 is 14.7 Å². The van der Waals surface area contributed by atoms with Crippen LogP contribution in [0.1, 0.15) is 50.3 Å². The highest BCUT2D eigenvalue weighted by atomic mass is 32.2. The summed E-state index contributed by atoms with van der Waals surface area (Å²) in [6.07, 6.45) is 6.96. The number of benzene rings is 1. The zero-order valence-electron chi connectivity index (χ0n) is 19.1. The van der Waals surface area contributed by atoms with Crippen LogP contribution >= 0.6 is 11.8 Å². The van der Waals surface area contributed by atoms with Crippen LogP contribution in [-0.2, 0) is 4.79 Å². The van der Waals surface area contributed by atoms with Crippen molar-refractivity contribution in [1.82, 2.24) is 9.88 Å². The second-order valence-electron chi connectivity index (χ2n) is 8.72. The molecular formula is C25H35FN2O3S. The van der Waals surface area contributed by atoms with Gasteiger partial charge >= 0.3 is 5.97 Å². The molecule has 1 aromatic heterocycles.